The number of carbonyl (C=O) groups is 1. The summed E-state index contributed by atoms with van der Waals surface area (Å²) in [6, 6.07) is 8.34. The minimum Gasteiger partial charge on any atom is -0.319 e. The normalized spacial score (nSPS) is 15.3. The first-order chi connectivity index (χ1) is 11.9. The van der Waals surface area contributed by atoms with Crippen LogP contribution in [0.25, 0.3) is 0 Å². The molecule has 1 amide bonds. The molecule has 5 nitrogen and oxygen atoms in total. The van der Waals surface area contributed by atoms with E-state index in [1.165, 1.54) is 28.6 Å². The molecule has 0 bridgehead atoms. The second kappa shape index (κ2) is 6.89. The van der Waals surface area contributed by atoms with E-state index in [9.17, 15) is 22.0 Å². The van der Waals surface area contributed by atoms with Crippen LogP contribution in [-0.4, -0.2) is 31.7 Å². The van der Waals surface area contributed by atoms with Crippen molar-refractivity contribution in [1.82, 2.24) is 4.31 Å². The Morgan fingerprint density at radius 2 is 1.76 bits per heavy atom. The quantitative estimate of drug-likeness (QED) is 0.905. The standard InChI is InChI=1S/C17H16F2N2O3S/c18-13-6-7-16(15(19)11-13)20-17(22)12-4-3-5-14(10-12)25(23,24)21-8-1-2-9-21/h3-7,10-11H,1-2,8-9H2,(H,20,22). The zero-order chi connectivity index (χ0) is 18.0. The molecular weight excluding hydrogens is 350 g/mol. The number of nitrogens with one attached hydrogen (secondary N) is 1. The highest BCUT2D eigenvalue weighted by Gasteiger charge is 2.27. The summed E-state index contributed by atoms with van der Waals surface area (Å²) in [4.78, 5) is 12.3. The smallest absolute Gasteiger partial charge is 0.255 e. The molecule has 0 radical (unpaired) electrons. The highest BCUT2D eigenvalue weighted by molar-refractivity contribution is 7.89. The van der Waals surface area contributed by atoms with Gasteiger partial charge < -0.3 is 5.32 Å². The Bertz CT molecular complexity index is 910. The predicted octanol–water partition coefficient (Wildman–Crippen LogP) is 3.00. The van der Waals surface area contributed by atoms with Crippen LogP contribution >= 0.6 is 0 Å². The van der Waals surface area contributed by atoms with Gasteiger partial charge in [0.2, 0.25) is 10.0 Å². The van der Waals surface area contributed by atoms with E-state index in [-0.39, 0.29) is 16.1 Å². The molecule has 25 heavy (non-hydrogen) atoms. The Hall–Kier alpha value is -2.32. The van der Waals surface area contributed by atoms with E-state index in [1.807, 2.05) is 0 Å². The highest BCUT2D eigenvalue weighted by atomic mass is 32.2. The van der Waals surface area contributed by atoms with E-state index in [2.05, 4.69) is 5.32 Å². The van der Waals surface area contributed by atoms with Crippen molar-refractivity contribution >= 4 is 21.6 Å². The number of nitrogens with zero attached hydrogens (tertiary/aromatic N) is 1. The molecule has 3 rings (SSSR count). The summed E-state index contributed by atoms with van der Waals surface area (Å²) in [6.07, 6.45) is 1.62. The lowest BCUT2D eigenvalue weighted by Gasteiger charge is -2.16. The second-order valence-corrected chi connectivity index (χ2v) is 7.66. The SMILES string of the molecule is O=C(Nc1ccc(F)cc1F)c1cccc(S(=O)(=O)N2CCCC2)c1. The first-order valence-electron chi connectivity index (χ1n) is 7.74. The van der Waals surface area contributed by atoms with E-state index in [0.717, 1.165) is 25.0 Å². The van der Waals surface area contributed by atoms with E-state index >= 15 is 0 Å². The number of sulfonamides is 1. The number of halogens is 2. The van der Waals surface area contributed by atoms with Crippen molar-refractivity contribution in [3.8, 4) is 0 Å². The van der Waals surface area contributed by atoms with Gasteiger partial charge in [-0.1, -0.05) is 6.07 Å². The van der Waals surface area contributed by atoms with Gasteiger partial charge in [-0.25, -0.2) is 17.2 Å². The zero-order valence-corrected chi connectivity index (χ0v) is 14.0. The third-order valence-corrected chi connectivity index (χ3v) is 5.87. The van der Waals surface area contributed by atoms with Crippen molar-refractivity contribution in [2.45, 2.75) is 17.7 Å². The fraction of sp³-hybridized carbons (Fsp3) is 0.235. The molecule has 0 unspecified atom stereocenters. The molecule has 2 aromatic carbocycles. The molecule has 0 aromatic heterocycles. The molecule has 1 aliphatic rings. The van der Waals surface area contributed by atoms with Crippen LogP contribution in [0.3, 0.4) is 0 Å². The van der Waals surface area contributed by atoms with Gasteiger partial charge in [-0.15, -0.1) is 0 Å². The molecule has 1 fully saturated rings. The maximum absolute atomic E-state index is 13.6. The molecule has 0 saturated carbocycles. The number of hydrogen-bond donors (Lipinski definition) is 1. The lowest BCUT2D eigenvalue weighted by molar-refractivity contribution is 0.102. The van der Waals surface area contributed by atoms with Crippen molar-refractivity contribution in [3.05, 3.63) is 59.7 Å². The molecule has 1 heterocycles. The fourth-order valence-corrected chi connectivity index (χ4v) is 4.22. The van der Waals surface area contributed by atoms with Gasteiger partial charge in [0.15, 0.2) is 0 Å². The van der Waals surface area contributed by atoms with Crippen LogP contribution < -0.4 is 5.32 Å². The van der Waals surface area contributed by atoms with Gasteiger partial charge in [0.25, 0.3) is 5.91 Å². The third kappa shape index (κ3) is 3.69. The summed E-state index contributed by atoms with van der Waals surface area (Å²) in [7, 11) is -3.65. The lowest BCUT2D eigenvalue weighted by Crippen LogP contribution is -2.28. The van der Waals surface area contributed by atoms with Crippen molar-refractivity contribution < 1.29 is 22.0 Å². The van der Waals surface area contributed by atoms with Gasteiger partial charge >= 0.3 is 0 Å². The fourth-order valence-electron chi connectivity index (χ4n) is 2.66. The van der Waals surface area contributed by atoms with E-state index < -0.39 is 27.6 Å². The number of benzene rings is 2. The van der Waals surface area contributed by atoms with E-state index in [1.54, 1.807) is 0 Å². The summed E-state index contributed by atoms with van der Waals surface area (Å²) in [5.74, 6) is -2.34. The largest absolute Gasteiger partial charge is 0.319 e. The second-order valence-electron chi connectivity index (χ2n) is 5.72. The molecule has 8 heteroatoms. The van der Waals surface area contributed by atoms with Crippen LogP contribution in [0.1, 0.15) is 23.2 Å². The van der Waals surface area contributed by atoms with E-state index in [0.29, 0.717) is 19.2 Å². The Morgan fingerprint density at radius 1 is 1.04 bits per heavy atom. The summed E-state index contributed by atoms with van der Waals surface area (Å²) in [5, 5.41) is 2.31. The number of carbonyl (C=O) groups excluding carboxylic acids is 1. The molecule has 1 aliphatic heterocycles. The maximum Gasteiger partial charge on any atom is 0.255 e. The van der Waals surface area contributed by atoms with Crippen molar-refractivity contribution in [2.75, 3.05) is 18.4 Å². The number of anilines is 1. The average molecular weight is 366 g/mol. The molecule has 132 valence electrons. The zero-order valence-electron chi connectivity index (χ0n) is 13.2. The molecule has 0 atom stereocenters. The predicted molar refractivity (Wildman–Crippen MR) is 88.7 cm³/mol. The third-order valence-electron chi connectivity index (χ3n) is 3.98. The van der Waals surface area contributed by atoms with Gasteiger partial charge in [-0.05, 0) is 43.2 Å². The molecule has 1 saturated heterocycles. The van der Waals surface area contributed by atoms with E-state index in [4.69, 9.17) is 0 Å². The van der Waals surface area contributed by atoms with Crippen LogP contribution in [-0.2, 0) is 10.0 Å². The number of hydrogen-bond acceptors (Lipinski definition) is 3. The van der Waals surface area contributed by atoms with Crippen molar-refractivity contribution in [3.63, 3.8) is 0 Å². The van der Waals surface area contributed by atoms with Gasteiger partial charge in [0, 0.05) is 24.7 Å². The molecule has 2 aromatic rings. The number of amides is 1. The van der Waals surface area contributed by atoms with Crippen LogP contribution in [0.15, 0.2) is 47.4 Å². The van der Waals surface area contributed by atoms with Gasteiger partial charge in [-0.3, -0.25) is 4.79 Å². The van der Waals surface area contributed by atoms with Gasteiger partial charge in [-0.2, -0.15) is 4.31 Å². The topological polar surface area (TPSA) is 66.5 Å². The first-order valence-corrected chi connectivity index (χ1v) is 9.18. The maximum atomic E-state index is 13.6. The van der Waals surface area contributed by atoms with Crippen LogP contribution in [0, 0.1) is 11.6 Å². The van der Waals surface area contributed by atoms with Crippen LogP contribution in [0.4, 0.5) is 14.5 Å². The van der Waals surface area contributed by atoms with Gasteiger partial charge in [0.05, 0.1) is 10.6 Å². The summed E-state index contributed by atoms with van der Waals surface area (Å²) in [6.45, 7) is 0.916. The summed E-state index contributed by atoms with van der Waals surface area (Å²) < 4.78 is 53.0. The minimum absolute atomic E-state index is 0.0154. The Labute approximate surface area is 144 Å². The van der Waals surface area contributed by atoms with Crippen molar-refractivity contribution in [2.24, 2.45) is 0 Å². The summed E-state index contributed by atoms with van der Waals surface area (Å²) in [5.41, 5.74) is -0.108. The number of rotatable bonds is 4. The highest BCUT2D eigenvalue weighted by Crippen LogP contribution is 2.22. The first kappa shape index (κ1) is 17.5. The minimum atomic E-state index is -3.65. The Morgan fingerprint density at radius 3 is 2.44 bits per heavy atom. The van der Waals surface area contributed by atoms with Crippen LogP contribution in [0.5, 0.6) is 0 Å². The lowest BCUT2D eigenvalue weighted by atomic mass is 10.2. The van der Waals surface area contributed by atoms with Gasteiger partial charge in [0.1, 0.15) is 11.6 Å². The molecule has 0 spiro atoms. The monoisotopic (exact) mass is 366 g/mol. The molecular formula is C17H16F2N2O3S. The Kier molecular flexibility index (Phi) is 4.82. The van der Waals surface area contributed by atoms with Crippen molar-refractivity contribution in [1.29, 1.82) is 0 Å². The average Bonchev–Trinajstić information content (AvgIpc) is 3.13. The Balaban J connectivity index is 1.84. The summed E-state index contributed by atoms with van der Waals surface area (Å²) >= 11 is 0. The molecule has 1 N–H and O–H groups in total. The molecule has 0 aliphatic carbocycles. The van der Waals surface area contributed by atoms with Crippen LogP contribution in [0.2, 0.25) is 0 Å².